The van der Waals surface area contributed by atoms with Crippen LogP contribution in [0, 0.1) is 6.92 Å². The Morgan fingerprint density at radius 2 is 1.93 bits per heavy atom. The monoisotopic (exact) mass is 391 g/mol. The molecule has 0 aliphatic heterocycles. The quantitative estimate of drug-likeness (QED) is 0.668. The van der Waals surface area contributed by atoms with Crippen LogP contribution in [0.5, 0.6) is 0 Å². The van der Waals surface area contributed by atoms with E-state index in [1.165, 1.54) is 0 Å². The standard InChI is InChI=1S/C18H20F2N6O2/c1-9-22-17(28-25-9)12-3-2-11(12)14-23-15-13(16(27)24-14)8-21-26(15)10-4-6-18(19,20)7-5-10/h8,10-12H,2-7H2,1H3,(H,21,23,24,27)/p+1. The van der Waals surface area contributed by atoms with E-state index in [0.717, 1.165) is 12.8 Å². The molecule has 0 aromatic carbocycles. The predicted octanol–water partition coefficient (Wildman–Crippen LogP) is 2.64. The van der Waals surface area contributed by atoms with E-state index in [1.54, 1.807) is 17.8 Å². The Morgan fingerprint density at radius 3 is 2.57 bits per heavy atom. The van der Waals surface area contributed by atoms with Crippen LogP contribution < -0.4 is 10.2 Å². The fraction of sp³-hybridized carbons (Fsp3) is 0.611. The second-order valence-corrected chi connectivity index (χ2v) is 7.89. The van der Waals surface area contributed by atoms with E-state index in [0.29, 0.717) is 41.4 Å². The van der Waals surface area contributed by atoms with Crippen molar-refractivity contribution < 1.29 is 18.0 Å². The second-order valence-electron chi connectivity index (χ2n) is 7.89. The van der Waals surface area contributed by atoms with Crippen molar-refractivity contribution in [1.82, 2.24) is 25.2 Å². The zero-order chi connectivity index (χ0) is 19.5. The van der Waals surface area contributed by atoms with Crippen LogP contribution in [0.3, 0.4) is 0 Å². The summed E-state index contributed by atoms with van der Waals surface area (Å²) in [5.74, 6) is -0.850. The maximum absolute atomic E-state index is 13.5. The van der Waals surface area contributed by atoms with Gasteiger partial charge in [0, 0.05) is 12.8 Å². The molecule has 3 aromatic rings. The van der Waals surface area contributed by atoms with Crippen LogP contribution in [0.15, 0.2) is 15.5 Å². The molecule has 2 fully saturated rings. The molecule has 3 aromatic heterocycles. The molecule has 0 saturated heterocycles. The first-order valence-electron chi connectivity index (χ1n) is 9.62. The normalized spacial score (nSPS) is 25.1. The molecule has 2 N–H and O–H groups in total. The predicted molar refractivity (Wildman–Crippen MR) is 93.1 cm³/mol. The third kappa shape index (κ3) is 2.82. The van der Waals surface area contributed by atoms with Gasteiger partial charge in [0.2, 0.25) is 17.6 Å². The number of fused-ring (bicyclic) bond motifs is 1. The van der Waals surface area contributed by atoms with Gasteiger partial charge in [0.05, 0.1) is 18.0 Å². The summed E-state index contributed by atoms with van der Waals surface area (Å²) >= 11 is 0. The summed E-state index contributed by atoms with van der Waals surface area (Å²) in [6.45, 7) is 1.77. The van der Waals surface area contributed by atoms with Gasteiger partial charge >= 0.3 is 5.65 Å². The molecule has 28 heavy (non-hydrogen) atoms. The topological polar surface area (TPSA) is 104 Å². The lowest BCUT2D eigenvalue weighted by atomic mass is 9.73. The summed E-state index contributed by atoms with van der Waals surface area (Å²) in [6, 6.07) is -0.116. The summed E-state index contributed by atoms with van der Waals surface area (Å²) < 4.78 is 34.1. The van der Waals surface area contributed by atoms with Gasteiger partial charge in [0.25, 0.3) is 5.56 Å². The molecule has 8 nitrogen and oxygen atoms in total. The minimum atomic E-state index is -2.60. The Labute approximate surface area is 158 Å². The van der Waals surface area contributed by atoms with E-state index in [2.05, 4.69) is 20.2 Å². The van der Waals surface area contributed by atoms with E-state index in [-0.39, 0.29) is 36.3 Å². The highest BCUT2D eigenvalue weighted by molar-refractivity contribution is 5.69. The summed E-state index contributed by atoms with van der Waals surface area (Å²) in [7, 11) is 0. The number of hydrogen-bond donors (Lipinski definition) is 2. The highest BCUT2D eigenvalue weighted by Crippen LogP contribution is 2.47. The van der Waals surface area contributed by atoms with Crippen molar-refractivity contribution in [2.75, 3.05) is 0 Å². The van der Waals surface area contributed by atoms with Gasteiger partial charge in [-0.25, -0.2) is 13.9 Å². The van der Waals surface area contributed by atoms with Crippen molar-refractivity contribution in [1.29, 1.82) is 0 Å². The molecule has 0 bridgehead atoms. The zero-order valence-corrected chi connectivity index (χ0v) is 15.4. The molecule has 0 radical (unpaired) electrons. The third-order valence-electron chi connectivity index (χ3n) is 6.07. The first-order valence-corrected chi connectivity index (χ1v) is 9.62. The lowest BCUT2D eigenvalue weighted by Crippen LogP contribution is -2.45. The van der Waals surface area contributed by atoms with E-state index in [4.69, 9.17) is 9.51 Å². The number of alkyl halides is 2. The van der Waals surface area contributed by atoms with Crippen LogP contribution in [-0.2, 0) is 0 Å². The summed E-state index contributed by atoms with van der Waals surface area (Å²) in [5.41, 5.74) is 0.282. The molecule has 2 atom stereocenters. The SMILES string of the molecule is Cc1noc(C2CCC2c2nc3c(c[nH][n+]3C3CCC(F)(F)CC3)c(=O)[nH]2)n1. The van der Waals surface area contributed by atoms with Crippen molar-refractivity contribution >= 4 is 11.0 Å². The largest absolute Gasteiger partial charge is 0.358 e. The van der Waals surface area contributed by atoms with Crippen LogP contribution in [0.25, 0.3) is 11.0 Å². The van der Waals surface area contributed by atoms with Gasteiger partial charge in [-0.15, -0.1) is 0 Å². The Morgan fingerprint density at radius 1 is 1.18 bits per heavy atom. The third-order valence-corrected chi connectivity index (χ3v) is 6.07. The van der Waals surface area contributed by atoms with Crippen molar-refractivity contribution in [2.24, 2.45) is 0 Å². The smallest absolute Gasteiger partial charge is 0.339 e. The molecule has 148 valence electrons. The fourth-order valence-electron chi connectivity index (χ4n) is 4.32. The summed E-state index contributed by atoms with van der Waals surface area (Å²) in [6.07, 6.45) is 3.75. The van der Waals surface area contributed by atoms with Gasteiger partial charge in [-0.05, 0) is 37.6 Å². The summed E-state index contributed by atoms with van der Waals surface area (Å²) in [4.78, 5) is 24.5. The number of H-pyrrole nitrogens is 2. The highest BCUT2D eigenvalue weighted by Gasteiger charge is 2.43. The lowest BCUT2D eigenvalue weighted by Gasteiger charge is -2.30. The van der Waals surface area contributed by atoms with Crippen molar-refractivity contribution in [3.05, 3.63) is 34.1 Å². The number of nitrogens with zero attached hydrogens (tertiary/aromatic N) is 4. The molecule has 5 rings (SSSR count). The van der Waals surface area contributed by atoms with Crippen molar-refractivity contribution in [3.63, 3.8) is 0 Å². The van der Waals surface area contributed by atoms with Gasteiger partial charge < -0.3 is 4.52 Å². The molecule has 3 heterocycles. The fourth-order valence-corrected chi connectivity index (χ4v) is 4.32. The highest BCUT2D eigenvalue weighted by atomic mass is 19.3. The second kappa shape index (κ2) is 6.18. The van der Waals surface area contributed by atoms with E-state index in [9.17, 15) is 13.6 Å². The minimum Gasteiger partial charge on any atom is -0.339 e. The van der Waals surface area contributed by atoms with Crippen LogP contribution >= 0.6 is 0 Å². The zero-order valence-electron chi connectivity index (χ0n) is 15.4. The van der Waals surface area contributed by atoms with Crippen molar-refractivity contribution in [2.45, 2.75) is 69.2 Å². The van der Waals surface area contributed by atoms with Gasteiger partial charge in [-0.2, -0.15) is 9.67 Å². The Balaban J connectivity index is 1.49. The first kappa shape index (κ1) is 17.4. The molecule has 2 aliphatic rings. The van der Waals surface area contributed by atoms with E-state index in [1.807, 2.05) is 0 Å². The Kier molecular flexibility index (Phi) is 3.85. The average molecular weight is 391 g/mol. The molecule has 10 heteroatoms. The number of aromatic nitrogens is 6. The van der Waals surface area contributed by atoms with Gasteiger partial charge in [-0.1, -0.05) is 5.16 Å². The number of aromatic amines is 2. The number of hydrogen-bond acceptors (Lipinski definition) is 5. The molecule has 0 amide bonds. The minimum absolute atomic E-state index is 0.00371. The first-order chi connectivity index (χ1) is 13.4. The van der Waals surface area contributed by atoms with Crippen molar-refractivity contribution in [3.8, 4) is 0 Å². The molecular formula is C18H21F2N6O2+. The number of nitrogens with one attached hydrogen (secondary N) is 2. The maximum atomic E-state index is 13.5. The van der Waals surface area contributed by atoms with E-state index < -0.39 is 5.92 Å². The molecule has 2 unspecified atom stereocenters. The number of halogens is 2. The van der Waals surface area contributed by atoms with Crippen LogP contribution in [-0.4, -0.2) is 31.1 Å². The molecule has 0 spiro atoms. The lowest BCUT2D eigenvalue weighted by molar-refractivity contribution is -0.756. The number of rotatable bonds is 3. The van der Waals surface area contributed by atoms with Gasteiger partial charge in [0.1, 0.15) is 6.04 Å². The Hall–Kier alpha value is -2.65. The van der Waals surface area contributed by atoms with Gasteiger partial charge in [-0.3, -0.25) is 9.78 Å². The van der Waals surface area contributed by atoms with Gasteiger partial charge in [0.15, 0.2) is 11.2 Å². The molecule has 2 aliphatic carbocycles. The molecular weight excluding hydrogens is 370 g/mol. The average Bonchev–Trinajstić information content (AvgIpc) is 3.21. The van der Waals surface area contributed by atoms with E-state index >= 15 is 0 Å². The Bertz CT molecular complexity index is 1080. The maximum Gasteiger partial charge on any atom is 0.358 e. The number of aryl methyl sites for hydroxylation is 1. The van der Waals surface area contributed by atoms with Crippen LogP contribution in [0.1, 0.15) is 73.9 Å². The summed E-state index contributed by atoms with van der Waals surface area (Å²) in [5, 5.41) is 7.33. The van der Waals surface area contributed by atoms with Crippen LogP contribution in [0.2, 0.25) is 0 Å². The van der Waals surface area contributed by atoms with Crippen LogP contribution in [0.4, 0.5) is 8.78 Å². The molecule has 2 saturated carbocycles.